The number of nitrogens with zero attached hydrogens (tertiary/aromatic N) is 1. The van der Waals surface area contributed by atoms with Crippen molar-refractivity contribution in [2.75, 3.05) is 11.1 Å². The minimum absolute atomic E-state index is 0.0608. The molecule has 1 aromatic heterocycles. The maximum atomic E-state index is 11.8. The highest BCUT2D eigenvalue weighted by Gasteiger charge is 2.06. The van der Waals surface area contributed by atoms with E-state index in [1.807, 2.05) is 30.3 Å². The van der Waals surface area contributed by atoms with Crippen molar-refractivity contribution in [1.82, 2.24) is 4.98 Å². The number of para-hydroxylation sites is 1. The van der Waals surface area contributed by atoms with Crippen molar-refractivity contribution in [3.05, 3.63) is 54.2 Å². The van der Waals surface area contributed by atoms with Gasteiger partial charge in [-0.15, -0.1) is 11.8 Å². The fraction of sp³-hybridized carbons (Fsp3) is 0.200. The van der Waals surface area contributed by atoms with Gasteiger partial charge in [-0.2, -0.15) is 0 Å². The van der Waals surface area contributed by atoms with E-state index in [4.69, 9.17) is 0 Å². The number of anilines is 1. The first kappa shape index (κ1) is 14.6. The van der Waals surface area contributed by atoms with Gasteiger partial charge in [0, 0.05) is 29.6 Å². The van der Waals surface area contributed by atoms with Crippen LogP contribution in [-0.4, -0.2) is 21.8 Å². The number of pyridine rings is 1. The predicted octanol–water partition coefficient (Wildman–Crippen LogP) is 2.69. The lowest BCUT2D eigenvalue weighted by Gasteiger charge is -2.08. The van der Waals surface area contributed by atoms with Gasteiger partial charge in [0.1, 0.15) is 0 Å². The fourth-order valence-electron chi connectivity index (χ4n) is 1.67. The number of aliphatic hydroxyl groups is 1. The second-order valence-corrected chi connectivity index (χ2v) is 5.25. The first-order valence-electron chi connectivity index (χ1n) is 6.32. The van der Waals surface area contributed by atoms with Gasteiger partial charge in [0.15, 0.2) is 0 Å². The number of benzene rings is 1. The molecule has 0 saturated heterocycles. The molecule has 1 heterocycles. The fourth-order valence-corrected chi connectivity index (χ4v) is 2.48. The molecule has 0 aliphatic carbocycles. The molecule has 104 valence electrons. The molecular formula is C15H16N2O2S. The number of hydrogen-bond donors (Lipinski definition) is 2. The lowest BCUT2D eigenvalue weighted by Crippen LogP contribution is -2.13. The van der Waals surface area contributed by atoms with E-state index in [0.717, 1.165) is 10.6 Å². The summed E-state index contributed by atoms with van der Waals surface area (Å²) < 4.78 is 0. The maximum absolute atomic E-state index is 11.8. The van der Waals surface area contributed by atoms with Gasteiger partial charge < -0.3 is 10.4 Å². The first-order valence-corrected chi connectivity index (χ1v) is 7.30. The van der Waals surface area contributed by atoms with Gasteiger partial charge in [-0.05, 0) is 18.2 Å². The highest BCUT2D eigenvalue weighted by molar-refractivity contribution is 7.99. The Morgan fingerprint density at radius 3 is 2.75 bits per heavy atom. The van der Waals surface area contributed by atoms with E-state index < -0.39 is 0 Å². The first-order chi connectivity index (χ1) is 9.79. The molecule has 2 aromatic rings. The standard InChI is InChI=1S/C15H16N2O2S/c18-11-12-5-1-2-6-13(12)17-14(19)8-10-20-15-7-3-4-9-16-15/h1-7,9,18H,8,10-11H2,(H,17,19). The van der Waals surface area contributed by atoms with Gasteiger partial charge in [0.25, 0.3) is 0 Å². The Hall–Kier alpha value is -1.85. The van der Waals surface area contributed by atoms with Crippen molar-refractivity contribution in [2.45, 2.75) is 18.1 Å². The zero-order valence-electron chi connectivity index (χ0n) is 11.0. The van der Waals surface area contributed by atoms with Crippen molar-refractivity contribution >= 4 is 23.4 Å². The number of hydrogen-bond acceptors (Lipinski definition) is 4. The van der Waals surface area contributed by atoms with Crippen LogP contribution < -0.4 is 5.32 Å². The second-order valence-electron chi connectivity index (χ2n) is 4.13. The Balaban J connectivity index is 1.81. The Bertz CT molecular complexity index is 561. The second kappa shape index (κ2) is 7.67. The number of carbonyl (C=O) groups is 1. The summed E-state index contributed by atoms with van der Waals surface area (Å²) in [6.07, 6.45) is 2.14. The lowest BCUT2D eigenvalue weighted by molar-refractivity contribution is -0.115. The Kier molecular flexibility index (Phi) is 5.58. The molecule has 0 unspecified atom stereocenters. The topological polar surface area (TPSA) is 62.2 Å². The molecule has 4 nitrogen and oxygen atoms in total. The monoisotopic (exact) mass is 288 g/mol. The summed E-state index contributed by atoms with van der Waals surface area (Å²) in [5.74, 6) is 0.610. The van der Waals surface area contributed by atoms with E-state index in [1.165, 1.54) is 0 Å². The number of carbonyl (C=O) groups excluding carboxylic acids is 1. The number of rotatable bonds is 6. The van der Waals surface area contributed by atoms with Crippen LogP contribution in [0, 0.1) is 0 Å². The predicted molar refractivity (Wildman–Crippen MR) is 80.6 cm³/mol. The normalized spacial score (nSPS) is 10.2. The van der Waals surface area contributed by atoms with Crippen LogP contribution >= 0.6 is 11.8 Å². The molecule has 1 amide bonds. The SMILES string of the molecule is O=C(CCSc1ccccn1)Nc1ccccc1CO. The van der Waals surface area contributed by atoms with Crippen LogP contribution in [0.3, 0.4) is 0 Å². The van der Waals surface area contributed by atoms with E-state index in [-0.39, 0.29) is 12.5 Å². The molecule has 0 saturated carbocycles. The summed E-state index contributed by atoms with van der Waals surface area (Å²) in [5.41, 5.74) is 1.39. The summed E-state index contributed by atoms with van der Waals surface area (Å²) in [7, 11) is 0. The largest absolute Gasteiger partial charge is 0.392 e. The lowest BCUT2D eigenvalue weighted by atomic mass is 10.2. The van der Waals surface area contributed by atoms with Crippen molar-refractivity contribution < 1.29 is 9.90 Å². The van der Waals surface area contributed by atoms with Crippen LogP contribution in [0.5, 0.6) is 0 Å². The molecule has 5 heteroatoms. The molecule has 0 radical (unpaired) electrons. The third-order valence-electron chi connectivity index (χ3n) is 2.68. The van der Waals surface area contributed by atoms with Crippen LogP contribution in [-0.2, 0) is 11.4 Å². The number of aliphatic hydroxyl groups excluding tert-OH is 1. The molecule has 0 bridgehead atoms. The van der Waals surface area contributed by atoms with Gasteiger partial charge in [-0.1, -0.05) is 24.3 Å². The average Bonchev–Trinajstić information content (AvgIpc) is 2.49. The average molecular weight is 288 g/mol. The third-order valence-corrected chi connectivity index (χ3v) is 3.62. The van der Waals surface area contributed by atoms with Crippen LogP contribution in [0.1, 0.15) is 12.0 Å². The maximum Gasteiger partial charge on any atom is 0.225 e. The zero-order valence-corrected chi connectivity index (χ0v) is 11.8. The number of aromatic nitrogens is 1. The molecule has 0 atom stereocenters. The molecule has 2 rings (SSSR count). The Labute approximate surface area is 122 Å². The van der Waals surface area contributed by atoms with Crippen molar-refractivity contribution in [3.8, 4) is 0 Å². The third kappa shape index (κ3) is 4.36. The number of thioether (sulfide) groups is 1. The van der Waals surface area contributed by atoms with Crippen LogP contribution in [0.25, 0.3) is 0 Å². The van der Waals surface area contributed by atoms with Crippen LogP contribution in [0.15, 0.2) is 53.7 Å². The van der Waals surface area contributed by atoms with Crippen molar-refractivity contribution in [1.29, 1.82) is 0 Å². The number of amides is 1. The Morgan fingerprint density at radius 1 is 1.20 bits per heavy atom. The summed E-state index contributed by atoms with van der Waals surface area (Å²) in [5, 5.41) is 12.9. The summed E-state index contributed by atoms with van der Waals surface area (Å²) in [4.78, 5) is 16.0. The van der Waals surface area contributed by atoms with Gasteiger partial charge in [0.05, 0.1) is 11.6 Å². The van der Waals surface area contributed by atoms with Gasteiger partial charge in [-0.25, -0.2) is 4.98 Å². The quantitative estimate of drug-likeness (QED) is 0.802. The van der Waals surface area contributed by atoms with Crippen LogP contribution in [0.2, 0.25) is 0 Å². The molecular weight excluding hydrogens is 272 g/mol. The highest BCUT2D eigenvalue weighted by atomic mass is 32.2. The smallest absolute Gasteiger partial charge is 0.225 e. The van der Waals surface area contributed by atoms with E-state index in [9.17, 15) is 9.90 Å². The summed E-state index contributed by atoms with van der Waals surface area (Å²) >= 11 is 1.55. The van der Waals surface area contributed by atoms with Gasteiger partial charge in [0.2, 0.25) is 5.91 Å². The van der Waals surface area contributed by atoms with Crippen molar-refractivity contribution in [3.63, 3.8) is 0 Å². The zero-order chi connectivity index (χ0) is 14.2. The van der Waals surface area contributed by atoms with E-state index in [2.05, 4.69) is 10.3 Å². The van der Waals surface area contributed by atoms with E-state index in [1.54, 1.807) is 30.1 Å². The molecule has 0 aliphatic heterocycles. The molecule has 0 aliphatic rings. The molecule has 0 spiro atoms. The minimum atomic E-state index is -0.0842. The molecule has 0 fully saturated rings. The van der Waals surface area contributed by atoms with Crippen LogP contribution in [0.4, 0.5) is 5.69 Å². The summed E-state index contributed by atoms with van der Waals surface area (Å²) in [6.45, 7) is -0.0842. The van der Waals surface area contributed by atoms with Gasteiger partial charge >= 0.3 is 0 Å². The van der Waals surface area contributed by atoms with Crippen molar-refractivity contribution in [2.24, 2.45) is 0 Å². The Morgan fingerprint density at radius 2 is 2.00 bits per heavy atom. The number of nitrogens with one attached hydrogen (secondary N) is 1. The summed E-state index contributed by atoms with van der Waals surface area (Å²) in [6, 6.07) is 12.9. The molecule has 20 heavy (non-hydrogen) atoms. The highest BCUT2D eigenvalue weighted by Crippen LogP contribution is 2.17. The van der Waals surface area contributed by atoms with E-state index >= 15 is 0 Å². The minimum Gasteiger partial charge on any atom is -0.392 e. The van der Waals surface area contributed by atoms with E-state index in [0.29, 0.717) is 17.9 Å². The van der Waals surface area contributed by atoms with Gasteiger partial charge in [-0.3, -0.25) is 4.79 Å². The molecule has 2 N–H and O–H groups in total. The molecule has 1 aromatic carbocycles.